The fourth-order valence-electron chi connectivity index (χ4n) is 2.90. The smallest absolute Gasteiger partial charge is 0.241 e. The Morgan fingerprint density at radius 3 is 2.64 bits per heavy atom. The first-order valence-corrected chi connectivity index (χ1v) is 7.85. The summed E-state index contributed by atoms with van der Waals surface area (Å²) in [6.45, 7) is 4.12. The molecule has 0 spiro atoms. The van der Waals surface area contributed by atoms with E-state index in [1.807, 2.05) is 33.7 Å². The maximum absolute atomic E-state index is 12.2. The molecule has 1 aliphatic heterocycles. The summed E-state index contributed by atoms with van der Waals surface area (Å²) in [5, 5.41) is 0. The number of amides is 1. The van der Waals surface area contributed by atoms with Gasteiger partial charge >= 0.3 is 0 Å². The monoisotopic (exact) mass is 389 g/mol. The van der Waals surface area contributed by atoms with Crippen LogP contribution in [-0.4, -0.2) is 71.0 Å². The van der Waals surface area contributed by atoms with E-state index in [9.17, 15) is 4.79 Å². The van der Waals surface area contributed by atoms with E-state index in [0.29, 0.717) is 13.1 Å². The summed E-state index contributed by atoms with van der Waals surface area (Å²) in [6, 6.07) is 5.41. The molecular weight excluding hydrogens is 365 g/mol. The van der Waals surface area contributed by atoms with Gasteiger partial charge in [0, 0.05) is 52.2 Å². The average Bonchev–Trinajstić information content (AvgIpc) is 2.97. The fourth-order valence-corrected chi connectivity index (χ4v) is 2.90. The number of rotatable bonds is 5. The van der Waals surface area contributed by atoms with Crippen LogP contribution in [0.5, 0.6) is 0 Å². The van der Waals surface area contributed by atoms with Crippen molar-refractivity contribution in [2.45, 2.75) is 12.6 Å². The maximum Gasteiger partial charge on any atom is 0.241 e. The molecule has 0 bridgehead atoms. The molecule has 0 aromatic carbocycles. The Morgan fingerprint density at radius 2 is 2.00 bits per heavy atom. The highest BCUT2D eigenvalue weighted by Gasteiger charge is 2.25. The maximum atomic E-state index is 12.2. The Labute approximate surface area is 159 Å². The summed E-state index contributed by atoms with van der Waals surface area (Å²) < 4.78 is 6.98. The first-order chi connectivity index (χ1) is 11.2. The van der Waals surface area contributed by atoms with E-state index in [1.54, 1.807) is 7.11 Å². The first-order valence-electron chi connectivity index (χ1n) is 7.85. The Morgan fingerprint density at radius 1 is 1.28 bits per heavy atom. The number of ether oxygens (including phenoxy) is 1. The third kappa shape index (κ3) is 5.29. The molecule has 1 aliphatic rings. The Hall–Kier alpha value is -1.38. The molecule has 140 valence electrons. The largest absolute Gasteiger partial charge is 0.383 e. The second-order valence-corrected chi connectivity index (χ2v) is 5.86. The summed E-state index contributed by atoms with van der Waals surface area (Å²) in [4.78, 5) is 20.9. The topological polar surface area (TPSA) is 76.1 Å². The Bertz CT molecular complexity index is 640. The van der Waals surface area contributed by atoms with Gasteiger partial charge in [-0.25, -0.2) is 4.98 Å². The number of piperazine rings is 1. The SMILES string of the molecule is COCC(N)C(=O)N1CCN(Cc2cn3ccccc3n2)CC1.Cl.Cl. The van der Waals surface area contributed by atoms with Gasteiger partial charge in [-0.3, -0.25) is 9.69 Å². The number of carbonyl (C=O) groups is 1. The first kappa shape index (κ1) is 21.7. The van der Waals surface area contributed by atoms with Crippen LogP contribution in [-0.2, 0) is 16.1 Å². The van der Waals surface area contributed by atoms with Crippen molar-refractivity contribution in [2.24, 2.45) is 5.73 Å². The summed E-state index contributed by atoms with van der Waals surface area (Å²) in [5.74, 6) is -0.0285. The molecule has 1 saturated heterocycles. The van der Waals surface area contributed by atoms with Gasteiger partial charge in [-0.2, -0.15) is 0 Å². The fraction of sp³-hybridized carbons (Fsp3) is 0.500. The van der Waals surface area contributed by atoms with Crippen LogP contribution in [0, 0.1) is 0 Å². The van der Waals surface area contributed by atoms with Crippen LogP contribution in [0.1, 0.15) is 5.69 Å². The average molecular weight is 390 g/mol. The number of imidazole rings is 1. The summed E-state index contributed by atoms with van der Waals surface area (Å²) in [5.41, 5.74) is 7.83. The summed E-state index contributed by atoms with van der Waals surface area (Å²) >= 11 is 0. The van der Waals surface area contributed by atoms with Gasteiger partial charge in [0.25, 0.3) is 0 Å². The highest BCUT2D eigenvalue weighted by molar-refractivity contribution is 5.85. The number of hydrogen-bond donors (Lipinski definition) is 1. The van der Waals surface area contributed by atoms with Crippen molar-refractivity contribution in [3.05, 3.63) is 36.3 Å². The number of nitrogens with zero attached hydrogens (tertiary/aromatic N) is 4. The van der Waals surface area contributed by atoms with E-state index in [2.05, 4.69) is 16.1 Å². The van der Waals surface area contributed by atoms with Gasteiger partial charge in [-0.1, -0.05) is 6.07 Å². The van der Waals surface area contributed by atoms with Crippen LogP contribution in [0.2, 0.25) is 0 Å². The molecule has 1 atom stereocenters. The van der Waals surface area contributed by atoms with Gasteiger partial charge in [0.1, 0.15) is 11.7 Å². The Balaban J connectivity index is 0.00000156. The molecule has 0 aliphatic carbocycles. The molecule has 9 heteroatoms. The molecule has 2 aromatic rings. The van der Waals surface area contributed by atoms with Crippen molar-refractivity contribution in [2.75, 3.05) is 39.9 Å². The van der Waals surface area contributed by atoms with Crippen molar-refractivity contribution < 1.29 is 9.53 Å². The van der Waals surface area contributed by atoms with Gasteiger partial charge < -0.3 is 19.8 Å². The van der Waals surface area contributed by atoms with E-state index >= 15 is 0 Å². The van der Waals surface area contributed by atoms with Crippen LogP contribution < -0.4 is 5.73 Å². The van der Waals surface area contributed by atoms with Crippen molar-refractivity contribution in [1.29, 1.82) is 0 Å². The number of aromatic nitrogens is 2. The number of fused-ring (bicyclic) bond motifs is 1. The normalized spacial score (nSPS) is 16.2. The predicted molar refractivity (Wildman–Crippen MR) is 101 cm³/mol. The molecule has 7 nitrogen and oxygen atoms in total. The highest BCUT2D eigenvalue weighted by Crippen LogP contribution is 2.10. The lowest BCUT2D eigenvalue weighted by Crippen LogP contribution is -2.53. The molecule has 2 aromatic heterocycles. The highest BCUT2D eigenvalue weighted by atomic mass is 35.5. The molecule has 3 heterocycles. The minimum atomic E-state index is -0.565. The van der Waals surface area contributed by atoms with E-state index < -0.39 is 6.04 Å². The van der Waals surface area contributed by atoms with E-state index in [-0.39, 0.29) is 37.3 Å². The zero-order valence-corrected chi connectivity index (χ0v) is 15.8. The third-order valence-corrected chi connectivity index (χ3v) is 4.15. The zero-order chi connectivity index (χ0) is 16.2. The van der Waals surface area contributed by atoms with Crippen LogP contribution in [0.15, 0.2) is 30.6 Å². The summed E-state index contributed by atoms with van der Waals surface area (Å²) in [7, 11) is 1.56. The quantitative estimate of drug-likeness (QED) is 0.817. The number of halogens is 2. The minimum Gasteiger partial charge on any atom is -0.383 e. The van der Waals surface area contributed by atoms with E-state index in [0.717, 1.165) is 31.0 Å². The minimum absolute atomic E-state index is 0. The number of methoxy groups -OCH3 is 1. The Kier molecular flexibility index (Phi) is 8.61. The van der Waals surface area contributed by atoms with Gasteiger partial charge in [-0.05, 0) is 12.1 Å². The number of pyridine rings is 1. The van der Waals surface area contributed by atoms with Gasteiger partial charge in [0.2, 0.25) is 5.91 Å². The third-order valence-electron chi connectivity index (χ3n) is 4.15. The van der Waals surface area contributed by atoms with Crippen molar-refractivity contribution in [3.8, 4) is 0 Å². The lowest BCUT2D eigenvalue weighted by molar-refractivity contribution is -0.135. The molecule has 25 heavy (non-hydrogen) atoms. The second-order valence-electron chi connectivity index (χ2n) is 5.86. The lowest BCUT2D eigenvalue weighted by atomic mass is 10.2. The van der Waals surface area contributed by atoms with Crippen LogP contribution in [0.4, 0.5) is 0 Å². The van der Waals surface area contributed by atoms with Crippen LogP contribution in [0.25, 0.3) is 5.65 Å². The van der Waals surface area contributed by atoms with Crippen LogP contribution >= 0.6 is 24.8 Å². The van der Waals surface area contributed by atoms with Crippen molar-refractivity contribution >= 4 is 36.4 Å². The van der Waals surface area contributed by atoms with Gasteiger partial charge in [-0.15, -0.1) is 24.8 Å². The number of hydrogen-bond acceptors (Lipinski definition) is 5. The van der Waals surface area contributed by atoms with Crippen molar-refractivity contribution in [3.63, 3.8) is 0 Å². The molecule has 2 N–H and O–H groups in total. The number of nitrogens with two attached hydrogens (primary N) is 1. The predicted octanol–water partition coefficient (Wildman–Crippen LogP) is 0.796. The lowest BCUT2D eigenvalue weighted by Gasteiger charge is -2.35. The van der Waals surface area contributed by atoms with Gasteiger partial charge in [0.15, 0.2) is 0 Å². The molecule has 0 saturated carbocycles. The van der Waals surface area contributed by atoms with E-state index in [1.165, 1.54) is 0 Å². The van der Waals surface area contributed by atoms with Crippen molar-refractivity contribution in [1.82, 2.24) is 19.2 Å². The molecule has 3 rings (SSSR count). The standard InChI is InChI=1S/C16H23N5O2.2ClH/c1-23-12-14(17)16(22)20-8-6-19(7-9-20)10-13-11-21-5-3-2-4-15(21)18-13;;/h2-5,11,14H,6-10,12,17H2,1H3;2*1H. The molecule has 1 fully saturated rings. The molecular formula is C16H25Cl2N5O2. The molecule has 1 unspecified atom stereocenters. The number of carbonyl (C=O) groups excluding carboxylic acids is 1. The zero-order valence-electron chi connectivity index (χ0n) is 14.2. The summed E-state index contributed by atoms with van der Waals surface area (Å²) in [6.07, 6.45) is 4.06. The molecule has 0 radical (unpaired) electrons. The van der Waals surface area contributed by atoms with Crippen LogP contribution in [0.3, 0.4) is 0 Å². The van der Waals surface area contributed by atoms with E-state index in [4.69, 9.17) is 10.5 Å². The van der Waals surface area contributed by atoms with Gasteiger partial charge in [0.05, 0.1) is 12.3 Å². The molecule has 1 amide bonds. The second kappa shape index (κ2) is 9.94.